The molecule has 1 aliphatic carbocycles. The van der Waals surface area contributed by atoms with Crippen molar-refractivity contribution in [2.75, 3.05) is 0 Å². The van der Waals surface area contributed by atoms with Gasteiger partial charge in [0.2, 0.25) is 0 Å². The number of rotatable bonds is 3. The number of halogens is 3. The van der Waals surface area contributed by atoms with Crippen molar-refractivity contribution in [2.24, 2.45) is 0 Å². The lowest BCUT2D eigenvalue weighted by Gasteiger charge is -2.13. The van der Waals surface area contributed by atoms with Crippen molar-refractivity contribution in [1.29, 1.82) is 0 Å². The summed E-state index contributed by atoms with van der Waals surface area (Å²) in [4.78, 5) is 0. The van der Waals surface area contributed by atoms with Crippen molar-refractivity contribution in [3.05, 3.63) is 35.9 Å². The summed E-state index contributed by atoms with van der Waals surface area (Å²) >= 11 is 0. The molecule has 1 heterocycles. The number of hydrogen-bond donors (Lipinski definition) is 0. The van der Waals surface area contributed by atoms with Crippen LogP contribution in [0, 0.1) is 0 Å². The molecule has 0 N–H and O–H groups in total. The van der Waals surface area contributed by atoms with Crippen molar-refractivity contribution in [2.45, 2.75) is 31.2 Å². The van der Waals surface area contributed by atoms with E-state index in [0.29, 0.717) is 10.9 Å². The van der Waals surface area contributed by atoms with E-state index in [0.717, 1.165) is 37.3 Å². The van der Waals surface area contributed by atoms with Crippen LogP contribution in [0.2, 0.25) is 0 Å². The number of allylic oxidation sites excluding steroid dienone is 2. The molecule has 1 aromatic carbocycles. The molecule has 3 rings (SSSR count). The third-order valence-corrected chi connectivity index (χ3v) is 4.66. The molecule has 0 aliphatic heterocycles. The second-order valence-corrected chi connectivity index (χ2v) is 6.95. The maximum Gasteiger partial charge on any atom is 0.534 e. The molecular formula is C15H13F3N2O3S. The van der Waals surface area contributed by atoms with Crippen LogP contribution in [-0.2, 0) is 10.1 Å². The minimum Gasteiger partial charge on any atom is -0.354 e. The number of aromatic nitrogens is 2. The third-order valence-electron chi connectivity index (χ3n) is 3.71. The topological polar surface area (TPSA) is 69.2 Å². The lowest BCUT2D eigenvalue weighted by Crippen LogP contribution is -2.28. The molecule has 0 radical (unpaired) electrons. The Morgan fingerprint density at radius 2 is 1.88 bits per heavy atom. The fourth-order valence-corrected chi connectivity index (χ4v) is 2.92. The van der Waals surface area contributed by atoms with Gasteiger partial charge in [0.1, 0.15) is 0 Å². The summed E-state index contributed by atoms with van der Waals surface area (Å²) < 4.78 is 62.9. The molecule has 0 spiro atoms. The standard InChI is InChI=1S/C15H13F3N2O3S/c16-15(17,18)24(21,22)23-14-9-12-7-6-11(8-13(12)19-20-14)10-4-2-1-3-5-10/h4,6-9H,1-3,5H2. The van der Waals surface area contributed by atoms with Crippen LogP contribution in [0.4, 0.5) is 13.2 Å². The molecule has 0 saturated heterocycles. The molecule has 0 saturated carbocycles. The highest BCUT2D eigenvalue weighted by atomic mass is 32.2. The van der Waals surface area contributed by atoms with Crippen molar-refractivity contribution in [3.8, 4) is 5.88 Å². The van der Waals surface area contributed by atoms with E-state index in [4.69, 9.17) is 0 Å². The van der Waals surface area contributed by atoms with Gasteiger partial charge in [0.05, 0.1) is 5.52 Å². The van der Waals surface area contributed by atoms with Gasteiger partial charge >= 0.3 is 15.6 Å². The van der Waals surface area contributed by atoms with Gasteiger partial charge in [-0.25, -0.2) is 0 Å². The largest absolute Gasteiger partial charge is 0.534 e. The van der Waals surface area contributed by atoms with Crippen molar-refractivity contribution in [1.82, 2.24) is 10.2 Å². The average molecular weight is 358 g/mol. The smallest absolute Gasteiger partial charge is 0.354 e. The van der Waals surface area contributed by atoms with Gasteiger partial charge in [0, 0.05) is 11.5 Å². The van der Waals surface area contributed by atoms with E-state index < -0.39 is 21.5 Å². The molecule has 2 aromatic rings. The molecule has 0 fully saturated rings. The van der Waals surface area contributed by atoms with Crippen LogP contribution in [0.15, 0.2) is 30.3 Å². The Morgan fingerprint density at radius 1 is 1.08 bits per heavy atom. The van der Waals surface area contributed by atoms with Crippen LogP contribution in [0.5, 0.6) is 5.88 Å². The monoisotopic (exact) mass is 358 g/mol. The normalized spacial score (nSPS) is 16.0. The molecule has 128 valence electrons. The zero-order valence-corrected chi connectivity index (χ0v) is 13.2. The molecule has 1 aromatic heterocycles. The number of hydrogen-bond acceptors (Lipinski definition) is 5. The first-order chi connectivity index (χ1) is 11.3. The fourth-order valence-electron chi connectivity index (χ4n) is 2.52. The first-order valence-electron chi connectivity index (χ1n) is 7.24. The van der Waals surface area contributed by atoms with Gasteiger partial charge in [-0.15, -0.1) is 10.2 Å². The first-order valence-corrected chi connectivity index (χ1v) is 8.65. The van der Waals surface area contributed by atoms with Crippen LogP contribution in [0.1, 0.15) is 31.2 Å². The van der Waals surface area contributed by atoms with E-state index >= 15 is 0 Å². The number of nitrogens with zero attached hydrogens (tertiary/aromatic N) is 2. The zero-order chi connectivity index (χ0) is 17.4. The van der Waals surface area contributed by atoms with E-state index in [2.05, 4.69) is 20.5 Å². The summed E-state index contributed by atoms with van der Waals surface area (Å²) in [5, 5.41) is 7.63. The Morgan fingerprint density at radius 3 is 2.54 bits per heavy atom. The minimum absolute atomic E-state index is 0.442. The Balaban J connectivity index is 1.91. The van der Waals surface area contributed by atoms with Crippen LogP contribution < -0.4 is 4.18 Å². The summed E-state index contributed by atoms with van der Waals surface area (Å²) in [7, 11) is -5.76. The summed E-state index contributed by atoms with van der Waals surface area (Å²) in [6, 6.07) is 6.37. The molecule has 24 heavy (non-hydrogen) atoms. The van der Waals surface area contributed by atoms with Gasteiger partial charge in [-0.3, -0.25) is 0 Å². The zero-order valence-electron chi connectivity index (χ0n) is 12.4. The number of fused-ring (bicyclic) bond motifs is 1. The Bertz CT molecular complexity index is 908. The predicted octanol–water partition coefficient (Wildman–Crippen LogP) is 3.82. The maximum atomic E-state index is 12.3. The van der Waals surface area contributed by atoms with Gasteiger partial charge in [-0.2, -0.15) is 21.6 Å². The van der Waals surface area contributed by atoms with E-state index in [1.54, 1.807) is 12.1 Å². The summed E-state index contributed by atoms with van der Waals surface area (Å²) in [5.41, 5.74) is -2.88. The van der Waals surface area contributed by atoms with Gasteiger partial charge in [0.25, 0.3) is 5.88 Å². The minimum atomic E-state index is -5.76. The van der Waals surface area contributed by atoms with Crippen molar-refractivity contribution in [3.63, 3.8) is 0 Å². The van der Waals surface area contributed by atoms with Crippen molar-refractivity contribution >= 4 is 26.6 Å². The van der Waals surface area contributed by atoms with Gasteiger partial charge in [-0.1, -0.05) is 18.2 Å². The maximum absolute atomic E-state index is 12.3. The second kappa shape index (κ2) is 6.04. The lowest BCUT2D eigenvalue weighted by molar-refractivity contribution is -0.0501. The Labute approximate surface area is 136 Å². The highest BCUT2D eigenvalue weighted by molar-refractivity contribution is 7.87. The summed E-state index contributed by atoms with van der Waals surface area (Å²) in [6.45, 7) is 0. The second-order valence-electron chi connectivity index (χ2n) is 5.41. The predicted molar refractivity (Wildman–Crippen MR) is 81.6 cm³/mol. The Kier molecular flexibility index (Phi) is 4.20. The SMILES string of the molecule is O=S(=O)(Oc1cc2ccc(C3=CCCCC3)cc2nn1)C(F)(F)F. The van der Waals surface area contributed by atoms with Gasteiger partial charge in [-0.05, 0) is 42.9 Å². The highest BCUT2D eigenvalue weighted by Crippen LogP contribution is 2.30. The molecule has 0 bridgehead atoms. The molecule has 5 nitrogen and oxygen atoms in total. The van der Waals surface area contributed by atoms with E-state index in [9.17, 15) is 21.6 Å². The molecule has 9 heteroatoms. The molecule has 0 unspecified atom stereocenters. The lowest BCUT2D eigenvalue weighted by atomic mass is 9.93. The molecule has 0 amide bonds. The van der Waals surface area contributed by atoms with E-state index in [1.165, 1.54) is 5.57 Å². The van der Waals surface area contributed by atoms with Crippen LogP contribution in [-0.4, -0.2) is 24.1 Å². The quantitative estimate of drug-likeness (QED) is 0.616. The van der Waals surface area contributed by atoms with Crippen LogP contribution >= 0.6 is 0 Å². The Hall–Kier alpha value is -2.16. The van der Waals surface area contributed by atoms with Crippen LogP contribution in [0.3, 0.4) is 0 Å². The highest BCUT2D eigenvalue weighted by Gasteiger charge is 2.48. The van der Waals surface area contributed by atoms with E-state index in [-0.39, 0.29) is 0 Å². The van der Waals surface area contributed by atoms with Gasteiger partial charge in [0.15, 0.2) is 0 Å². The number of benzene rings is 1. The summed E-state index contributed by atoms with van der Waals surface area (Å²) in [5.74, 6) is -0.718. The van der Waals surface area contributed by atoms with Gasteiger partial charge < -0.3 is 4.18 Å². The van der Waals surface area contributed by atoms with Crippen LogP contribution in [0.25, 0.3) is 16.5 Å². The first kappa shape index (κ1) is 16.7. The molecule has 0 atom stereocenters. The molecule has 1 aliphatic rings. The fraction of sp³-hybridized carbons (Fsp3) is 0.333. The van der Waals surface area contributed by atoms with E-state index in [1.807, 2.05) is 6.07 Å². The van der Waals surface area contributed by atoms with Crippen molar-refractivity contribution < 1.29 is 25.8 Å². The summed E-state index contributed by atoms with van der Waals surface area (Å²) in [6.07, 6.45) is 6.40. The average Bonchev–Trinajstić information content (AvgIpc) is 2.54. The number of alkyl halides is 3. The molecular weight excluding hydrogens is 345 g/mol. The third kappa shape index (κ3) is 3.35.